The predicted octanol–water partition coefficient (Wildman–Crippen LogP) is 3.57. The van der Waals surface area contributed by atoms with Crippen LogP contribution in [0.2, 0.25) is 0 Å². The molecule has 152 valence electrons. The van der Waals surface area contributed by atoms with E-state index in [2.05, 4.69) is 15.6 Å². The summed E-state index contributed by atoms with van der Waals surface area (Å²) in [6.45, 7) is 3.95. The SMILES string of the molecule is COc1ccc(OC)c(NC(=O)C[C@H]2SC(=Nc3cc(C)ccc3C)NC2=O)c1. The highest BCUT2D eigenvalue weighted by atomic mass is 32.2. The summed E-state index contributed by atoms with van der Waals surface area (Å²) in [4.78, 5) is 29.3. The second-order valence-corrected chi connectivity index (χ2v) is 7.81. The normalized spacial score (nSPS) is 17.2. The number of carbonyl (C=O) groups is 2. The van der Waals surface area contributed by atoms with E-state index in [1.54, 1.807) is 25.3 Å². The van der Waals surface area contributed by atoms with Crippen molar-refractivity contribution < 1.29 is 19.1 Å². The Morgan fingerprint density at radius 1 is 1.17 bits per heavy atom. The fourth-order valence-corrected chi connectivity index (χ4v) is 3.80. The van der Waals surface area contributed by atoms with Crippen molar-refractivity contribution >= 4 is 40.1 Å². The number of ether oxygens (including phenoxy) is 2. The maximum Gasteiger partial charge on any atom is 0.240 e. The highest BCUT2D eigenvalue weighted by Gasteiger charge is 2.32. The predicted molar refractivity (Wildman–Crippen MR) is 115 cm³/mol. The molecule has 1 aliphatic heterocycles. The number of nitrogens with zero attached hydrogens (tertiary/aromatic N) is 1. The zero-order valence-corrected chi connectivity index (χ0v) is 17.6. The van der Waals surface area contributed by atoms with Crippen LogP contribution in [0.3, 0.4) is 0 Å². The van der Waals surface area contributed by atoms with E-state index >= 15 is 0 Å². The van der Waals surface area contributed by atoms with Gasteiger partial charge < -0.3 is 20.1 Å². The number of amides is 2. The Bertz CT molecular complexity index is 974. The number of aryl methyl sites for hydroxylation is 2. The maximum absolute atomic E-state index is 12.5. The third-order valence-electron chi connectivity index (χ3n) is 4.41. The Hall–Kier alpha value is -3.00. The lowest BCUT2D eigenvalue weighted by Crippen LogP contribution is -2.28. The van der Waals surface area contributed by atoms with Gasteiger partial charge in [0.1, 0.15) is 16.7 Å². The average Bonchev–Trinajstić information content (AvgIpc) is 3.03. The Labute approximate surface area is 173 Å². The number of thioether (sulfide) groups is 1. The number of hydrogen-bond donors (Lipinski definition) is 2. The van der Waals surface area contributed by atoms with E-state index in [-0.39, 0.29) is 18.2 Å². The standard InChI is InChI=1S/C21H23N3O4S/c1-12-5-6-13(2)15(9-12)23-21-24-20(26)18(29-21)11-19(25)22-16-10-14(27-3)7-8-17(16)28-4/h5-10,18H,11H2,1-4H3,(H,22,25)(H,23,24,26)/t18-/m1/s1. The first-order chi connectivity index (χ1) is 13.9. The zero-order valence-electron chi connectivity index (χ0n) is 16.7. The van der Waals surface area contributed by atoms with Gasteiger partial charge in [-0.1, -0.05) is 23.9 Å². The average molecular weight is 413 g/mol. The summed E-state index contributed by atoms with van der Waals surface area (Å²) in [5.41, 5.74) is 3.40. The monoisotopic (exact) mass is 413 g/mol. The van der Waals surface area contributed by atoms with E-state index in [9.17, 15) is 9.59 Å². The van der Waals surface area contributed by atoms with E-state index in [1.807, 2.05) is 32.0 Å². The minimum absolute atomic E-state index is 0.0166. The molecule has 0 unspecified atom stereocenters. The Morgan fingerprint density at radius 2 is 1.97 bits per heavy atom. The third-order valence-corrected chi connectivity index (χ3v) is 5.50. The van der Waals surface area contributed by atoms with Crippen LogP contribution in [0.15, 0.2) is 41.4 Å². The van der Waals surface area contributed by atoms with E-state index in [0.29, 0.717) is 22.4 Å². The molecule has 2 amide bonds. The van der Waals surface area contributed by atoms with Crippen molar-refractivity contribution in [1.29, 1.82) is 0 Å². The van der Waals surface area contributed by atoms with Crippen LogP contribution in [0.5, 0.6) is 11.5 Å². The molecule has 29 heavy (non-hydrogen) atoms. The van der Waals surface area contributed by atoms with Crippen molar-refractivity contribution in [3.05, 3.63) is 47.5 Å². The molecule has 1 fully saturated rings. The second-order valence-electron chi connectivity index (χ2n) is 6.62. The van der Waals surface area contributed by atoms with Crippen LogP contribution in [0.1, 0.15) is 17.5 Å². The second kappa shape index (κ2) is 9.00. The van der Waals surface area contributed by atoms with Crippen LogP contribution >= 0.6 is 11.8 Å². The first-order valence-corrected chi connectivity index (χ1v) is 9.93. The lowest BCUT2D eigenvalue weighted by atomic mass is 10.1. The van der Waals surface area contributed by atoms with Crippen LogP contribution in [-0.4, -0.2) is 36.5 Å². The molecule has 1 atom stereocenters. The van der Waals surface area contributed by atoms with Crippen molar-refractivity contribution in [3.63, 3.8) is 0 Å². The molecule has 8 heteroatoms. The van der Waals surface area contributed by atoms with Crippen molar-refractivity contribution in [2.75, 3.05) is 19.5 Å². The first-order valence-electron chi connectivity index (χ1n) is 9.05. The zero-order chi connectivity index (χ0) is 21.0. The van der Waals surface area contributed by atoms with E-state index < -0.39 is 5.25 Å². The molecular formula is C21H23N3O4S. The Morgan fingerprint density at radius 3 is 2.69 bits per heavy atom. The van der Waals surface area contributed by atoms with Crippen molar-refractivity contribution in [2.24, 2.45) is 4.99 Å². The number of aliphatic imine (C=N–C) groups is 1. The highest BCUT2D eigenvalue weighted by molar-refractivity contribution is 8.15. The molecule has 1 aliphatic rings. The molecule has 0 aromatic heterocycles. The fraction of sp³-hybridized carbons (Fsp3) is 0.286. The largest absolute Gasteiger partial charge is 0.497 e. The highest BCUT2D eigenvalue weighted by Crippen LogP contribution is 2.31. The van der Waals surface area contributed by atoms with Gasteiger partial charge in [0, 0.05) is 12.5 Å². The van der Waals surface area contributed by atoms with E-state index in [1.165, 1.54) is 18.9 Å². The first kappa shape index (κ1) is 20.7. The summed E-state index contributed by atoms with van der Waals surface area (Å²) in [5.74, 6) is 0.584. The van der Waals surface area contributed by atoms with Gasteiger partial charge in [0.25, 0.3) is 0 Å². The number of benzene rings is 2. The fourth-order valence-electron chi connectivity index (χ4n) is 2.82. The maximum atomic E-state index is 12.5. The molecular weight excluding hydrogens is 390 g/mol. The van der Waals surface area contributed by atoms with Crippen LogP contribution < -0.4 is 20.1 Å². The van der Waals surface area contributed by atoms with Gasteiger partial charge in [-0.15, -0.1) is 0 Å². The van der Waals surface area contributed by atoms with E-state index in [0.717, 1.165) is 16.8 Å². The van der Waals surface area contributed by atoms with Crippen LogP contribution in [0, 0.1) is 13.8 Å². The summed E-state index contributed by atoms with van der Waals surface area (Å²) >= 11 is 1.26. The topological polar surface area (TPSA) is 89.0 Å². The Balaban J connectivity index is 1.68. The molecule has 2 aromatic carbocycles. The van der Waals surface area contributed by atoms with Gasteiger partial charge in [-0.2, -0.15) is 0 Å². The molecule has 0 saturated carbocycles. The number of carbonyl (C=O) groups excluding carboxylic acids is 2. The number of nitrogens with one attached hydrogen (secondary N) is 2. The molecule has 2 aromatic rings. The van der Waals surface area contributed by atoms with Crippen molar-refractivity contribution in [3.8, 4) is 11.5 Å². The lowest BCUT2D eigenvalue weighted by molar-refractivity contribution is -0.122. The van der Waals surface area contributed by atoms with Gasteiger partial charge in [-0.3, -0.25) is 9.59 Å². The van der Waals surface area contributed by atoms with Gasteiger partial charge in [-0.05, 0) is 43.2 Å². The van der Waals surface area contributed by atoms with Gasteiger partial charge >= 0.3 is 0 Å². The van der Waals surface area contributed by atoms with Crippen LogP contribution in [0.4, 0.5) is 11.4 Å². The molecule has 2 N–H and O–H groups in total. The van der Waals surface area contributed by atoms with Gasteiger partial charge in [0.2, 0.25) is 11.8 Å². The molecule has 1 saturated heterocycles. The van der Waals surface area contributed by atoms with Crippen LogP contribution in [0.25, 0.3) is 0 Å². The van der Waals surface area contributed by atoms with Gasteiger partial charge in [-0.25, -0.2) is 4.99 Å². The quantitative estimate of drug-likeness (QED) is 0.756. The molecule has 1 heterocycles. The van der Waals surface area contributed by atoms with Gasteiger partial charge in [0.15, 0.2) is 5.17 Å². The van der Waals surface area contributed by atoms with Crippen molar-refractivity contribution in [1.82, 2.24) is 5.32 Å². The summed E-state index contributed by atoms with van der Waals surface area (Å²) in [6, 6.07) is 11.1. The minimum atomic E-state index is -0.546. The lowest BCUT2D eigenvalue weighted by Gasteiger charge is -2.12. The summed E-state index contributed by atoms with van der Waals surface area (Å²) in [7, 11) is 3.07. The van der Waals surface area contributed by atoms with Crippen molar-refractivity contribution in [2.45, 2.75) is 25.5 Å². The Kier molecular flexibility index (Phi) is 6.43. The number of hydrogen-bond acceptors (Lipinski definition) is 6. The van der Waals surface area contributed by atoms with Crippen LogP contribution in [-0.2, 0) is 9.59 Å². The van der Waals surface area contributed by atoms with E-state index in [4.69, 9.17) is 9.47 Å². The molecule has 3 rings (SSSR count). The molecule has 0 bridgehead atoms. The number of amidine groups is 1. The number of anilines is 1. The third kappa shape index (κ3) is 5.08. The number of methoxy groups -OCH3 is 2. The molecule has 0 aliphatic carbocycles. The smallest absolute Gasteiger partial charge is 0.240 e. The molecule has 7 nitrogen and oxygen atoms in total. The number of rotatable bonds is 6. The summed E-state index contributed by atoms with van der Waals surface area (Å²) < 4.78 is 10.5. The van der Waals surface area contributed by atoms with Gasteiger partial charge in [0.05, 0.1) is 25.6 Å². The molecule has 0 spiro atoms. The minimum Gasteiger partial charge on any atom is -0.497 e. The summed E-state index contributed by atoms with van der Waals surface area (Å²) in [6.07, 6.45) is 0.0166. The summed E-state index contributed by atoms with van der Waals surface area (Å²) in [5, 5.41) is 5.50. The molecule has 0 radical (unpaired) electrons.